The summed E-state index contributed by atoms with van der Waals surface area (Å²) < 4.78 is 1.02. The van der Waals surface area contributed by atoms with E-state index in [0.29, 0.717) is 0 Å². The van der Waals surface area contributed by atoms with Crippen molar-refractivity contribution in [3.05, 3.63) is 39.3 Å². The van der Waals surface area contributed by atoms with Crippen molar-refractivity contribution in [3.63, 3.8) is 0 Å². The van der Waals surface area contributed by atoms with Crippen molar-refractivity contribution in [1.82, 2.24) is 0 Å². The first-order valence-electron chi connectivity index (χ1n) is 5.42. The molecule has 0 saturated heterocycles. The summed E-state index contributed by atoms with van der Waals surface area (Å²) in [7, 11) is 0. The Balaban J connectivity index is 2.71. The van der Waals surface area contributed by atoms with Crippen molar-refractivity contribution < 1.29 is 5.11 Å². The number of rotatable bonds is 5. The molecule has 0 aliphatic heterocycles. The third kappa shape index (κ3) is 3.79. The Labute approximate surface area is 115 Å². The number of hydrogen-bond donors (Lipinski definition) is 1. The van der Waals surface area contributed by atoms with E-state index in [1.807, 2.05) is 37.5 Å². The zero-order valence-electron chi connectivity index (χ0n) is 9.61. The van der Waals surface area contributed by atoms with Gasteiger partial charge in [0.05, 0.1) is 5.60 Å². The Kier molecular flexibility index (Phi) is 5.86. The molecule has 0 saturated carbocycles. The minimum absolute atomic E-state index is 0.650. The van der Waals surface area contributed by atoms with Crippen LogP contribution in [0, 0.1) is 0 Å². The van der Waals surface area contributed by atoms with Crippen molar-refractivity contribution in [3.8, 4) is 0 Å². The molecule has 0 atom stereocenters. The maximum Gasteiger partial charge on any atom is 0.0952 e. The first-order chi connectivity index (χ1) is 7.62. The first kappa shape index (κ1) is 14.1. The molecule has 0 unspecified atom stereocenters. The molecule has 0 heterocycles. The summed E-state index contributed by atoms with van der Waals surface area (Å²) in [5, 5.41) is 12.3. The molecule has 0 radical (unpaired) electrons. The van der Waals surface area contributed by atoms with Crippen LogP contribution < -0.4 is 0 Å². The third-order valence-corrected chi connectivity index (χ3v) is 5.29. The Bertz CT molecular complexity index is 344. The molecule has 1 N–H and O–H groups in total. The van der Waals surface area contributed by atoms with Gasteiger partial charge in [0.15, 0.2) is 0 Å². The molecule has 1 aromatic rings. The van der Waals surface area contributed by atoms with Crippen LogP contribution in [0.25, 0.3) is 0 Å². The first-order valence-corrected chi connectivity index (χ1v) is 7.38. The minimum Gasteiger partial charge on any atom is -0.385 e. The van der Waals surface area contributed by atoms with Crippen LogP contribution in [0.1, 0.15) is 26.7 Å². The Morgan fingerprint density at radius 3 is 2.38 bits per heavy atom. The molecule has 0 fully saturated rings. The van der Waals surface area contributed by atoms with E-state index in [1.54, 1.807) is 11.8 Å². The lowest BCUT2D eigenvalue weighted by Crippen LogP contribution is -2.26. The van der Waals surface area contributed by atoms with Gasteiger partial charge in [0, 0.05) is 8.48 Å². The van der Waals surface area contributed by atoms with E-state index in [1.165, 1.54) is 4.90 Å². The molecule has 88 valence electrons. The van der Waals surface area contributed by atoms with Crippen molar-refractivity contribution in [2.24, 2.45) is 0 Å². The molecule has 1 aromatic carbocycles. The lowest BCUT2D eigenvalue weighted by molar-refractivity contribution is 0.0811. The Morgan fingerprint density at radius 2 is 1.88 bits per heavy atom. The van der Waals surface area contributed by atoms with Crippen molar-refractivity contribution in [2.45, 2.75) is 37.2 Å². The molecular weight excluding hydrogens is 331 g/mol. The maximum absolute atomic E-state index is 10.3. The van der Waals surface area contributed by atoms with E-state index < -0.39 is 5.60 Å². The number of benzene rings is 1. The normalized spacial score (nSPS) is 12.9. The Hall–Kier alpha value is -0.000000000000000111. The van der Waals surface area contributed by atoms with Gasteiger partial charge in [-0.2, -0.15) is 0 Å². The highest BCUT2D eigenvalue weighted by Gasteiger charge is 2.25. The van der Waals surface area contributed by atoms with E-state index >= 15 is 0 Å². The predicted octanol–water partition coefficient (Wildman–Crippen LogP) is 4.61. The molecule has 0 bridgehead atoms. The van der Waals surface area contributed by atoms with Gasteiger partial charge >= 0.3 is 0 Å². The quantitative estimate of drug-likeness (QED) is 0.620. The van der Waals surface area contributed by atoms with Crippen LogP contribution in [-0.4, -0.2) is 10.7 Å². The second-order valence-corrected chi connectivity index (χ2v) is 5.74. The highest BCUT2D eigenvalue weighted by Crippen LogP contribution is 2.33. The van der Waals surface area contributed by atoms with E-state index in [9.17, 15) is 5.11 Å². The molecule has 0 aromatic heterocycles. The predicted molar refractivity (Wildman–Crippen MR) is 79.9 cm³/mol. The van der Waals surface area contributed by atoms with Crippen LogP contribution in [0.3, 0.4) is 0 Å². The number of thioether (sulfide) groups is 1. The van der Waals surface area contributed by atoms with Gasteiger partial charge in [0.25, 0.3) is 0 Å². The molecule has 0 aliphatic carbocycles. The van der Waals surface area contributed by atoms with Crippen molar-refractivity contribution >= 4 is 34.4 Å². The SMILES string of the molecule is CCC(O)(CC)/C(I)=C/Sc1ccccc1. The summed E-state index contributed by atoms with van der Waals surface area (Å²) in [5.74, 6) is 0. The number of halogens is 1. The monoisotopic (exact) mass is 348 g/mol. The van der Waals surface area contributed by atoms with Gasteiger partial charge in [-0.15, -0.1) is 0 Å². The average Bonchev–Trinajstić information content (AvgIpc) is 2.36. The largest absolute Gasteiger partial charge is 0.385 e. The zero-order chi connectivity index (χ0) is 12.0. The average molecular weight is 348 g/mol. The summed E-state index contributed by atoms with van der Waals surface area (Å²) >= 11 is 3.89. The third-order valence-electron chi connectivity index (χ3n) is 2.66. The van der Waals surface area contributed by atoms with Crippen molar-refractivity contribution in [2.75, 3.05) is 0 Å². The fourth-order valence-electron chi connectivity index (χ4n) is 1.32. The van der Waals surface area contributed by atoms with Gasteiger partial charge in [-0.25, -0.2) is 0 Å². The topological polar surface area (TPSA) is 20.2 Å². The molecule has 3 heteroatoms. The van der Waals surface area contributed by atoms with E-state index in [0.717, 1.165) is 16.4 Å². The molecule has 0 spiro atoms. The lowest BCUT2D eigenvalue weighted by Gasteiger charge is -2.24. The highest BCUT2D eigenvalue weighted by atomic mass is 127. The standard InChI is InChI=1S/C13H17IOS/c1-3-13(15,4-2)12(14)10-16-11-8-6-5-7-9-11/h5-10,15H,3-4H2,1-2H3/b12-10-. The maximum atomic E-state index is 10.3. The summed E-state index contributed by atoms with van der Waals surface area (Å²) in [6.07, 6.45) is 1.52. The van der Waals surface area contributed by atoms with Gasteiger partial charge in [-0.3, -0.25) is 0 Å². The molecular formula is C13H17IOS. The van der Waals surface area contributed by atoms with Crippen LogP contribution in [0.15, 0.2) is 44.2 Å². The molecule has 0 aliphatic rings. The van der Waals surface area contributed by atoms with Gasteiger partial charge < -0.3 is 5.11 Å². The molecule has 0 amide bonds. The fraction of sp³-hybridized carbons (Fsp3) is 0.385. The van der Waals surface area contributed by atoms with Gasteiger partial charge in [-0.1, -0.05) is 43.8 Å². The second kappa shape index (κ2) is 6.67. The van der Waals surface area contributed by atoms with Crippen molar-refractivity contribution in [1.29, 1.82) is 0 Å². The van der Waals surface area contributed by atoms with Crippen LogP contribution in [0.4, 0.5) is 0 Å². The van der Waals surface area contributed by atoms with Crippen LogP contribution in [0.5, 0.6) is 0 Å². The van der Waals surface area contributed by atoms with Gasteiger partial charge in [0.1, 0.15) is 0 Å². The summed E-state index contributed by atoms with van der Waals surface area (Å²) in [5.41, 5.74) is -0.650. The van der Waals surface area contributed by atoms with Gasteiger partial charge in [-0.05, 0) is 53.0 Å². The molecule has 1 rings (SSSR count). The summed E-state index contributed by atoms with van der Waals surface area (Å²) in [6, 6.07) is 10.2. The van der Waals surface area contributed by atoms with Crippen LogP contribution >= 0.6 is 34.4 Å². The molecule has 1 nitrogen and oxygen atoms in total. The molecule has 16 heavy (non-hydrogen) atoms. The second-order valence-electron chi connectivity index (χ2n) is 3.64. The summed E-state index contributed by atoms with van der Waals surface area (Å²) in [6.45, 7) is 4.03. The van der Waals surface area contributed by atoms with Crippen LogP contribution in [0.2, 0.25) is 0 Å². The lowest BCUT2D eigenvalue weighted by atomic mass is 9.98. The van der Waals surface area contributed by atoms with E-state index in [4.69, 9.17) is 0 Å². The van der Waals surface area contributed by atoms with Crippen LogP contribution in [-0.2, 0) is 0 Å². The number of hydrogen-bond acceptors (Lipinski definition) is 2. The Morgan fingerprint density at radius 1 is 1.31 bits per heavy atom. The fourth-order valence-corrected chi connectivity index (χ4v) is 3.23. The number of aliphatic hydroxyl groups is 1. The van der Waals surface area contributed by atoms with E-state index in [-0.39, 0.29) is 0 Å². The smallest absolute Gasteiger partial charge is 0.0952 e. The van der Waals surface area contributed by atoms with Gasteiger partial charge in [0.2, 0.25) is 0 Å². The summed E-state index contributed by atoms with van der Waals surface area (Å²) in [4.78, 5) is 1.20. The zero-order valence-corrected chi connectivity index (χ0v) is 12.6. The van der Waals surface area contributed by atoms with E-state index in [2.05, 4.69) is 34.7 Å². The highest BCUT2D eigenvalue weighted by molar-refractivity contribution is 14.1. The minimum atomic E-state index is -0.650.